The molecular weight excluding hydrogens is 659 g/mol. The smallest absolute Gasteiger partial charge is 0.0580 e. The second kappa shape index (κ2) is 24.3. The molecule has 0 bridgehead atoms. The molecule has 54 heavy (non-hydrogen) atoms. The van der Waals surface area contributed by atoms with Gasteiger partial charge in [0.1, 0.15) is 0 Å². The summed E-state index contributed by atoms with van der Waals surface area (Å²) in [6.45, 7) is 16.3. The van der Waals surface area contributed by atoms with E-state index in [1.807, 2.05) is 0 Å². The van der Waals surface area contributed by atoms with Gasteiger partial charge in [0.05, 0.1) is 12.2 Å². The summed E-state index contributed by atoms with van der Waals surface area (Å²) in [6, 6.07) is 1.05. The molecule has 1 aliphatic heterocycles. The van der Waals surface area contributed by atoms with E-state index in [1.54, 1.807) is 0 Å². The van der Waals surface area contributed by atoms with E-state index < -0.39 is 0 Å². The quantitative estimate of drug-likeness (QED) is 0.126. The number of rotatable bonds is 20. The van der Waals surface area contributed by atoms with Crippen LogP contribution in [0.15, 0.2) is 24.3 Å². The van der Waals surface area contributed by atoms with Crippen molar-refractivity contribution in [3.63, 3.8) is 0 Å². The van der Waals surface area contributed by atoms with Gasteiger partial charge in [0.15, 0.2) is 0 Å². The van der Waals surface area contributed by atoms with Gasteiger partial charge in [-0.1, -0.05) is 123 Å². The Morgan fingerprint density at radius 3 is 1.57 bits per heavy atom. The van der Waals surface area contributed by atoms with E-state index >= 15 is 0 Å². The third-order valence-corrected chi connectivity index (χ3v) is 16.0. The van der Waals surface area contributed by atoms with Gasteiger partial charge in [0.25, 0.3) is 0 Å². The van der Waals surface area contributed by atoms with Gasteiger partial charge in [-0.15, -0.1) is 0 Å². The standard InChI is InChI=1S/C51H91NO2/c1-7-11-15-40(9-3)36-53-48-19-13-17-42(33-48)23-27-47-35-50(46-30-28-45(29-31-46)44-25-21-38(5)22-26-44)51(52-39(47)6)32-24-43-18-14-20-49(34-43)54-37-41(10-4)16-12-8-2/h23-24,27,32,38-52H,7-22,25-26,28-31,33-37H2,1-6H3/b27-23?,32-24+. The highest BCUT2D eigenvalue weighted by molar-refractivity contribution is 5.10. The first kappa shape index (κ1) is 44.5. The first-order valence-corrected chi connectivity index (χ1v) is 24.7. The molecule has 5 fully saturated rings. The van der Waals surface area contributed by atoms with E-state index in [4.69, 9.17) is 9.47 Å². The highest BCUT2D eigenvalue weighted by atomic mass is 16.5. The highest BCUT2D eigenvalue weighted by Gasteiger charge is 2.40. The minimum absolute atomic E-state index is 0.463. The number of piperidine rings is 1. The summed E-state index contributed by atoms with van der Waals surface area (Å²) in [5.74, 6) is 8.13. The first-order valence-electron chi connectivity index (χ1n) is 24.7. The molecular formula is C51H91NO2. The zero-order valence-electron chi connectivity index (χ0n) is 36.8. The van der Waals surface area contributed by atoms with Gasteiger partial charge >= 0.3 is 0 Å². The Labute approximate surface area is 336 Å². The number of hydrogen-bond acceptors (Lipinski definition) is 3. The Kier molecular flexibility index (Phi) is 20.0. The molecule has 4 saturated carbocycles. The van der Waals surface area contributed by atoms with Crippen molar-refractivity contribution in [2.24, 2.45) is 59.2 Å². The minimum atomic E-state index is 0.463. The molecule has 0 aromatic carbocycles. The number of ether oxygens (including phenoxy) is 2. The van der Waals surface area contributed by atoms with Crippen LogP contribution in [0.2, 0.25) is 0 Å². The van der Waals surface area contributed by atoms with Crippen molar-refractivity contribution < 1.29 is 9.47 Å². The molecule has 0 aromatic heterocycles. The molecule has 1 saturated heterocycles. The van der Waals surface area contributed by atoms with Crippen molar-refractivity contribution >= 4 is 0 Å². The summed E-state index contributed by atoms with van der Waals surface area (Å²) in [5, 5.41) is 4.27. The van der Waals surface area contributed by atoms with Crippen LogP contribution in [0.3, 0.4) is 0 Å². The molecule has 3 heteroatoms. The van der Waals surface area contributed by atoms with Crippen LogP contribution < -0.4 is 5.32 Å². The maximum atomic E-state index is 6.63. The van der Waals surface area contributed by atoms with E-state index in [0.717, 1.165) is 54.6 Å². The van der Waals surface area contributed by atoms with E-state index in [0.29, 0.717) is 42.0 Å². The maximum Gasteiger partial charge on any atom is 0.0580 e. The molecule has 5 rings (SSSR count). The fraction of sp³-hybridized carbons (Fsp3) is 0.922. The lowest BCUT2D eigenvalue weighted by Gasteiger charge is -2.46. The Morgan fingerprint density at radius 1 is 0.556 bits per heavy atom. The Hall–Kier alpha value is -0.640. The lowest BCUT2D eigenvalue weighted by Crippen LogP contribution is -2.52. The minimum Gasteiger partial charge on any atom is -0.378 e. The van der Waals surface area contributed by atoms with Crippen molar-refractivity contribution in [3.05, 3.63) is 24.3 Å². The molecule has 10 atom stereocenters. The Balaban J connectivity index is 1.19. The largest absolute Gasteiger partial charge is 0.378 e. The predicted molar refractivity (Wildman–Crippen MR) is 233 cm³/mol. The molecule has 1 N–H and O–H groups in total. The molecule has 0 aromatic rings. The number of allylic oxidation sites excluding steroid dienone is 2. The van der Waals surface area contributed by atoms with Crippen molar-refractivity contribution in [2.45, 2.75) is 226 Å². The maximum absolute atomic E-state index is 6.63. The van der Waals surface area contributed by atoms with E-state index in [2.05, 4.69) is 71.2 Å². The zero-order chi connectivity index (χ0) is 38.1. The molecule has 0 amide bonds. The second-order valence-electron chi connectivity index (χ2n) is 20.1. The predicted octanol–water partition coefficient (Wildman–Crippen LogP) is 14.3. The van der Waals surface area contributed by atoms with Gasteiger partial charge in [-0.25, -0.2) is 0 Å². The molecule has 5 aliphatic rings. The molecule has 3 nitrogen and oxygen atoms in total. The topological polar surface area (TPSA) is 30.5 Å². The van der Waals surface area contributed by atoms with E-state index in [9.17, 15) is 0 Å². The first-order chi connectivity index (χ1) is 26.4. The zero-order valence-corrected chi connectivity index (χ0v) is 36.8. The highest BCUT2D eigenvalue weighted by Crippen LogP contribution is 2.46. The van der Waals surface area contributed by atoms with Crippen LogP contribution in [-0.2, 0) is 9.47 Å². The molecule has 1 heterocycles. The van der Waals surface area contributed by atoms with Gasteiger partial charge in [-0.2, -0.15) is 0 Å². The fourth-order valence-corrected chi connectivity index (χ4v) is 11.9. The second-order valence-corrected chi connectivity index (χ2v) is 20.1. The van der Waals surface area contributed by atoms with Crippen LogP contribution in [0.25, 0.3) is 0 Å². The summed E-state index contributed by atoms with van der Waals surface area (Å²) >= 11 is 0. The van der Waals surface area contributed by atoms with Crippen molar-refractivity contribution in [1.29, 1.82) is 0 Å². The summed E-state index contributed by atoms with van der Waals surface area (Å²) < 4.78 is 13.2. The van der Waals surface area contributed by atoms with Crippen LogP contribution in [0.5, 0.6) is 0 Å². The summed E-state index contributed by atoms with van der Waals surface area (Å²) in [7, 11) is 0. The van der Waals surface area contributed by atoms with Crippen LogP contribution in [0, 0.1) is 59.2 Å². The van der Waals surface area contributed by atoms with E-state index in [1.165, 1.54) is 161 Å². The molecule has 4 aliphatic carbocycles. The average molecular weight is 750 g/mol. The summed E-state index contributed by atoms with van der Waals surface area (Å²) in [5.41, 5.74) is 0. The fourth-order valence-electron chi connectivity index (χ4n) is 11.9. The van der Waals surface area contributed by atoms with Crippen LogP contribution in [-0.4, -0.2) is 37.5 Å². The Bertz CT molecular complexity index is 1040. The average Bonchev–Trinajstić information content (AvgIpc) is 3.20. The molecule has 10 unspecified atom stereocenters. The molecule has 0 radical (unpaired) electrons. The molecule has 312 valence electrons. The summed E-state index contributed by atoms with van der Waals surface area (Å²) in [4.78, 5) is 0. The van der Waals surface area contributed by atoms with Gasteiger partial charge in [-0.05, 0) is 162 Å². The van der Waals surface area contributed by atoms with Gasteiger partial charge in [0, 0.05) is 25.3 Å². The number of hydrogen-bond donors (Lipinski definition) is 1. The van der Waals surface area contributed by atoms with Crippen molar-refractivity contribution in [1.82, 2.24) is 5.32 Å². The van der Waals surface area contributed by atoms with Gasteiger partial charge in [-0.3, -0.25) is 0 Å². The lowest BCUT2D eigenvalue weighted by atomic mass is 9.64. The number of nitrogens with one attached hydrogen (secondary N) is 1. The van der Waals surface area contributed by atoms with Crippen molar-refractivity contribution in [2.75, 3.05) is 13.2 Å². The monoisotopic (exact) mass is 750 g/mol. The van der Waals surface area contributed by atoms with E-state index in [-0.39, 0.29) is 0 Å². The van der Waals surface area contributed by atoms with Crippen LogP contribution >= 0.6 is 0 Å². The lowest BCUT2D eigenvalue weighted by molar-refractivity contribution is -0.00271. The van der Waals surface area contributed by atoms with Gasteiger partial charge in [0.2, 0.25) is 0 Å². The normalized spacial score (nSPS) is 38.2. The Morgan fingerprint density at radius 2 is 1.06 bits per heavy atom. The third kappa shape index (κ3) is 14.3. The van der Waals surface area contributed by atoms with Gasteiger partial charge < -0.3 is 14.8 Å². The SMILES string of the molecule is CCCCC(CC)COC1CCCC(C=CC2CC(C3CCC(C4CCC(C)CC4)CC3)C(/C=C/C3CCCC(OCC(CC)CCCC)C3)NC2C)C1. The van der Waals surface area contributed by atoms with Crippen LogP contribution in [0.1, 0.15) is 202 Å². The van der Waals surface area contributed by atoms with Crippen molar-refractivity contribution in [3.8, 4) is 0 Å². The molecule has 0 spiro atoms. The van der Waals surface area contributed by atoms with Crippen LogP contribution in [0.4, 0.5) is 0 Å². The third-order valence-electron chi connectivity index (χ3n) is 16.0. The summed E-state index contributed by atoms with van der Waals surface area (Å²) in [6.07, 6.45) is 45.7. The number of unbranched alkanes of at least 4 members (excludes halogenated alkanes) is 2.